The standard InChI is InChI=1S/C12H17Br2NOS/c1-8(15-17(16)12(2,3)4)9-5-10(13)7-11(14)6-9/h5-8,15H,1-4H3. The van der Waals surface area contributed by atoms with Crippen molar-refractivity contribution in [3.63, 3.8) is 0 Å². The Balaban J connectivity index is 2.79. The van der Waals surface area contributed by atoms with Gasteiger partial charge in [0, 0.05) is 20.3 Å². The largest absolute Gasteiger partial charge is 0.598 e. The Labute approximate surface area is 123 Å². The molecule has 0 amide bonds. The van der Waals surface area contributed by atoms with Crippen molar-refractivity contribution in [2.24, 2.45) is 0 Å². The molecule has 1 rings (SSSR count). The summed E-state index contributed by atoms with van der Waals surface area (Å²) in [6.45, 7) is 7.89. The molecule has 0 fully saturated rings. The minimum absolute atomic E-state index is 0.0452. The summed E-state index contributed by atoms with van der Waals surface area (Å²) in [6, 6.07) is 6.09. The first-order chi connectivity index (χ1) is 7.70. The molecule has 0 bridgehead atoms. The van der Waals surface area contributed by atoms with Gasteiger partial charge >= 0.3 is 0 Å². The van der Waals surface area contributed by atoms with Gasteiger partial charge in [0.2, 0.25) is 0 Å². The molecule has 0 radical (unpaired) electrons. The van der Waals surface area contributed by atoms with Crippen molar-refractivity contribution in [2.75, 3.05) is 0 Å². The second kappa shape index (κ2) is 6.06. The summed E-state index contributed by atoms with van der Waals surface area (Å²) < 4.78 is 16.9. The van der Waals surface area contributed by atoms with Gasteiger partial charge in [0.1, 0.15) is 4.75 Å². The van der Waals surface area contributed by atoms with Gasteiger partial charge in [-0.1, -0.05) is 31.9 Å². The lowest BCUT2D eigenvalue weighted by Gasteiger charge is -2.26. The van der Waals surface area contributed by atoms with E-state index >= 15 is 0 Å². The molecule has 17 heavy (non-hydrogen) atoms. The predicted octanol–water partition coefficient (Wildman–Crippen LogP) is 4.32. The third-order valence-corrected chi connectivity index (χ3v) is 4.82. The summed E-state index contributed by atoms with van der Waals surface area (Å²) in [5, 5.41) is 0. The minimum atomic E-state index is -1.06. The van der Waals surface area contributed by atoms with E-state index in [2.05, 4.69) is 36.6 Å². The van der Waals surface area contributed by atoms with Crippen molar-refractivity contribution < 1.29 is 4.55 Å². The zero-order valence-electron chi connectivity index (χ0n) is 10.4. The highest BCUT2D eigenvalue weighted by Gasteiger charge is 2.28. The highest BCUT2D eigenvalue weighted by Crippen LogP contribution is 2.25. The van der Waals surface area contributed by atoms with Gasteiger partial charge in [0.25, 0.3) is 0 Å². The van der Waals surface area contributed by atoms with Gasteiger partial charge < -0.3 is 4.55 Å². The Morgan fingerprint density at radius 2 is 1.65 bits per heavy atom. The Morgan fingerprint density at radius 1 is 1.18 bits per heavy atom. The number of rotatable bonds is 3. The Bertz CT molecular complexity index is 372. The molecular formula is C12H17Br2NOS. The molecule has 2 atom stereocenters. The summed E-state index contributed by atoms with van der Waals surface area (Å²) in [4.78, 5) is 0. The van der Waals surface area contributed by atoms with Gasteiger partial charge in [0.15, 0.2) is 0 Å². The number of halogens is 2. The molecule has 0 saturated carbocycles. The number of hydrogen-bond acceptors (Lipinski definition) is 2. The number of hydrogen-bond donors (Lipinski definition) is 1. The third-order valence-electron chi connectivity index (χ3n) is 2.22. The molecule has 2 nitrogen and oxygen atoms in total. The van der Waals surface area contributed by atoms with Crippen molar-refractivity contribution in [3.8, 4) is 0 Å². The lowest BCUT2D eigenvalue weighted by molar-refractivity contribution is 0.531. The SMILES string of the molecule is CC(N[S+]([O-])C(C)(C)C)c1cc(Br)cc(Br)c1. The maximum atomic E-state index is 12.0. The van der Waals surface area contributed by atoms with E-state index in [1.165, 1.54) is 0 Å². The average Bonchev–Trinajstić information content (AvgIpc) is 2.14. The molecule has 1 aromatic carbocycles. The second-order valence-corrected chi connectivity index (χ2v) is 8.75. The highest BCUT2D eigenvalue weighted by molar-refractivity contribution is 9.11. The fourth-order valence-electron chi connectivity index (χ4n) is 1.23. The average molecular weight is 383 g/mol. The Hall–Kier alpha value is 0.450. The smallest absolute Gasteiger partial charge is 0.136 e. The second-order valence-electron chi connectivity index (χ2n) is 4.92. The fraction of sp³-hybridized carbons (Fsp3) is 0.500. The first-order valence-electron chi connectivity index (χ1n) is 5.34. The van der Waals surface area contributed by atoms with Gasteiger partial charge in [0.05, 0.1) is 6.04 Å². The van der Waals surface area contributed by atoms with Crippen LogP contribution in [0.15, 0.2) is 27.1 Å². The van der Waals surface area contributed by atoms with Crippen LogP contribution in [0.1, 0.15) is 39.3 Å². The summed E-state index contributed by atoms with van der Waals surface area (Å²) >= 11 is 5.84. The van der Waals surface area contributed by atoms with Gasteiger partial charge in [-0.25, -0.2) is 0 Å². The fourth-order valence-corrected chi connectivity index (χ4v) is 3.37. The predicted molar refractivity (Wildman–Crippen MR) is 81.3 cm³/mol. The van der Waals surface area contributed by atoms with E-state index in [1.54, 1.807) is 0 Å². The van der Waals surface area contributed by atoms with Crippen LogP contribution in [0, 0.1) is 0 Å². The normalized spacial score (nSPS) is 15.7. The lowest BCUT2D eigenvalue weighted by Crippen LogP contribution is -2.40. The Morgan fingerprint density at radius 3 is 2.06 bits per heavy atom. The van der Waals surface area contributed by atoms with Crippen molar-refractivity contribution in [1.82, 2.24) is 4.72 Å². The van der Waals surface area contributed by atoms with Crippen molar-refractivity contribution >= 4 is 43.2 Å². The van der Waals surface area contributed by atoms with E-state index in [4.69, 9.17) is 0 Å². The molecular weight excluding hydrogens is 366 g/mol. The quantitative estimate of drug-likeness (QED) is 0.789. The van der Waals surface area contributed by atoms with Crippen LogP contribution < -0.4 is 4.72 Å². The van der Waals surface area contributed by atoms with E-state index < -0.39 is 11.4 Å². The van der Waals surface area contributed by atoms with E-state index in [0.717, 1.165) is 14.5 Å². The molecule has 2 unspecified atom stereocenters. The van der Waals surface area contributed by atoms with Crippen LogP contribution in [0.2, 0.25) is 0 Å². The van der Waals surface area contributed by atoms with E-state index in [-0.39, 0.29) is 10.8 Å². The molecule has 0 spiro atoms. The molecule has 1 aromatic rings. The first-order valence-corrected chi connectivity index (χ1v) is 8.08. The molecule has 0 aliphatic rings. The summed E-state index contributed by atoms with van der Waals surface area (Å²) in [6.07, 6.45) is 0. The Kier molecular flexibility index (Phi) is 5.53. The van der Waals surface area contributed by atoms with Crippen molar-refractivity contribution in [3.05, 3.63) is 32.7 Å². The van der Waals surface area contributed by atoms with E-state index in [1.807, 2.05) is 45.9 Å². The lowest BCUT2D eigenvalue weighted by atomic mass is 10.1. The zero-order valence-corrected chi connectivity index (χ0v) is 14.4. The molecule has 96 valence electrons. The van der Waals surface area contributed by atoms with E-state index in [9.17, 15) is 4.55 Å². The van der Waals surface area contributed by atoms with Crippen LogP contribution in [0.25, 0.3) is 0 Å². The highest BCUT2D eigenvalue weighted by atomic mass is 79.9. The van der Waals surface area contributed by atoms with Crippen LogP contribution in [0.5, 0.6) is 0 Å². The molecule has 1 N–H and O–H groups in total. The maximum Gasteiger partial charge on any atom is 0.136 e. The van der Waals surface area contributed by atoms with Crippen LogP contribution in [0.4, 0.5) is 0 Å². The maximum absolute atomic E-state index is 12.0. The van der Waals surface area contributed by atoms with Crippen LogP contribution >= 0.6 is 31.9 Å². The van der Waals surface area contributed by atoms with Gasteiger partial charge in [-0.3, -0.25) is 0 Å². The number of nitrogens with one attached hydrogen (secondary N) is 1. The molecule has 0 heterocycles. The van der Waals surface area contributed by atoms with E-state index in [0.29, 0.717) is 0 Å². The van der Waals surface area contributed by atoms with Crippen LogP contribution in [0.3, 0.4) is 0 Å². The topological polar surface area (TPSA) is 35.1 Å². The molecule has 0 saturated heterocycles. The molecule has 0 aliphatic carbocycles. The van der Waals surface area contributed by atoms with Gasteiger partial charge in [-0.2, -0.15) is 0 Å². The summed E-state index contributed by atoms with van der Waals surface area (Å²) in [5.74, 6) is 0. The van der Waals surface area contributed by atoms with Gasteiger partial charge in [-0.15, -0.1) is 4.72 Å². The monoisotopic (exact) mass is 381 g/mol. The van der Waals surface area contributed by atoms with Crippen LogP contribution in [-0.2, 0) is 11.4 Å². The van der Waals surface area contributed by atoms with Crippen molar-refractivity contribution in [1.29, 1.82) is 0 Å². The van der Waals surface area contributed by atoms with Gasteiger partial charge in [-0.05, 0) is 51.5 Å². The third kappa shape index (κ3) is 4.91. The zero-order chi connectivity index (χ0) is 13.2. The summed E-state index contributed by atoms with van der Waals surface area (Å²) in [5.41, 5.74) is 1.10. The van der Waals surface area contributed by atoms with Crippen LogP contribution in [-0.4, -0.2) is 9.30 Å². The summed E-state index contributed by atoms with van der Waals surface area (Å²) in [7, 11) is 0. The molecule has 0 aliphatic heterocycles. The minimum Gasteiger partial charge on any atom is -0.598 e. The molecule has 5 heteroatoms. The number of benzene rings is 1. The molecule has 0 aromatic heterocycles. The first kappa shape index (κ1) is 15.5. The van der Waals surface area contributed by atoms with Crippen molar-refractivity contribution in [2.45, 2.75) is 38.5 Å².